The zero-order valence-electron chi connectivity index (χ0n) is 9.53. The summed E-state index contributed by atoms with van der Waals surface area (Å²) in [6.45, 7) is 7.47. The van der Waals surface area contributed by atoms with Crippen molar-refractivity contribution in [1.82, 2.24) is 9.78 Å². The van der Waals surface area contributed by atoms with Crippen LogP contribution in [0.2, 0.25) is 0 Å². The lowest BCUT2D eigenvalue weighted by atomic mass is 9.80. The molecular weight excluding hydrogens is 190 g/mol. The van der Waals surface area contributed by atoms with Crippen molar-refractivity contribution in [2.45, 2.75) is 39.5 Å². The van der Waals surface area contributed by atoms with Crippen LogP contribution in [0.1, 0.15) is 37.2 Å². The fourth-order valence-corrected chi connectivity index (χ4v) is 1.88. The van der Waals surface area contributed by atoms with Gasteiger partial charge in [0.15, 0.2) is 0 Å². The van der Waals surface area contributed by atoms with Crippen LogP contribution in [0.5, 0.6) is 0 Å². The van der Waals surface area contributed by atoms with Crippen molar-refractivity contribution in [3.63, 3.8) is 0 Å². The van der Waals surface area contributed by atoms with Gasteiger partial charge in [-0.05, 0) is 27.2 Å². The summed E-state index contributed by atoms with van der Waals surface area (Å²) in [7, 11) is 0. The molecule has 15 heavy (non-hydrogen) atoms. The zero-order chi connectivity index (χ0) is 11.6. The fourth-order valence-electron chi connectivity index (χ4n) is 1.88. The monoisotopic (exact) mass is 205 g/mol. The molecule has 0 saturated carbocycles. The molecule has 1 heterocycles. The number of carbonyl (C=O) groups excluding carboxylic acids is 1. The molecule has 1 unspecified atom stereocenters. The molecule has 4 heteroatoms. The number of aryl methyl sites for hydroxylation is 1. The molecule has 0 N–H and O–H groups in total. The summed E-state index contributed by atoms with van der Waals surface area (Å²) in [6, 6.07) is 2.29. The van der Waals surface area contributed by atoms with Crippen LogP contribution >= 0.6 is 0 Å². The van der Waals surface area contributed by atoms with Crippen LogP contribution in [0.15, 0.2) is 0 Å². The Morgan fingerprint density at radius 1 is 1.60 bits per heavy atom. The molecule has 1 rings (SSSR count). The zero-order valence-corrected chi connectivity index (χ0v) is 9.53. The minimum Gasteiger partial charge on any atom is -0.276 e. The summed E-state index contributed by atoms with van der Waals surface area (Å²) in [4.78, 5) is 10.7. The maximum atomic E-state index is 10.7. The first-order valence-electron chi connectivity index (χ1n) is 4.93. The van der Waals surface area contributed by atoms with Gasteiger partial charge in [0.1, 0.15) is 0 Å². The molecule has 0 aliphatic carbocycles. The summed E-state index contributed by atoms with van der Waals surface area (Å²) in [5.74, 6) is 0. The number of nitrogens with zero attached hydrogens (tertiary/aromatic N) is 3. The van der Waals surface area contributed by atoms with E-state index in [0.717, 1.165) is 17.0 Å². The molecule has 0 saturated heterocycles. The highest BCUT2D eigenvalue weighted by atomic mass is 16.1. The van der Waals surface area contributed by atoms with Gasteiger partial charge in [0.25, 0.3) is 0 Å². The number of rotatable bonds is 3. The van der Waals surface area contributed by atoms with Gasteiger partial charge in [-0.1, -0.05) is 6.92 Å². The van der Waals surface area contributed by atoms with E-state index in [-0.39, 0.29) is 0 Å². The highest BCUT2D eigenvalue weighted by Gasteiger charge is 2.30. The van der Waals surface area contributed by atoms with E-state index in [1.807, 2.05) is 27.7 Å². The Labute approximate surface area is 89.5 Å². The van der Waals surface area contributed by atoms with Crippen molar-refractivity contribution in [3.8, 4) is 6.07 Å². The lowest BCUT2D eigenvalue weighted by Crippen LogP contribution is -2.20. The molecule has 0 amide bonds. The van der Waals surface area contributed by atoms with Gasteiger partial charge in [-0.3, -0.25) is 4.79 Å². The Bertz CT molecular complexity index is 428. The average Bonchev–Trinajstić information content (AvgIpc) is 2.53. The SMILES string of the molecule is CCC(C)(C#N)c1c(C)nn(C=O)c1C. The van der Waals surface area contributed by atoms with Crippen LogP contribution in [-0.2, 0) is 10.2 Å². The summed E-state index contributed by atoms with van der Waals surface area (Å²) < 4.78 is 1.29. The van der Waals surface area contributed by atoms with Gasteiger partial charge in [0, 0.05) is 11.3 Å². The second kappa shape index (κ2) is 3.85. The molecule has 0 aromatic carbocycles. The second-order valence-electron chi connectivity index (χ2n) is 3.89. The van der Waals surface area contributed by atoms with Gasteiger partial charge in [-0.15, -0.1) is 0 Å². The topological polar surface area (TPSA) is 58.7 Å². The first-order chi connectivity index (χ1) is 7.00. The van der Waals surface area contributed by atoms with Crippen LogP contribution in [0.25, 0.3) is 0 Å². The van der Waals surface area contributed by atoms with E-state index in [4.69, 9.17) is 0 Å². The molecule has 0 fully saturated rings. The first kappa shape index (κ1) is 11.4. The van der Waals surface area contributed by atoms with E-state index in [1.54, 1.807) is 0 Å². The number of carbonyl (C=O) groups is 1. The third kappa shape index (κ3) is 1.65. The van der Waals surface area contributed by atoms with Gasteiger partial charge < -0.3 is 0 Å². The highest BCUT2D eigenvalue weighted by molar-refractivity contribution is 5.55. The van der Waals surface area contributed by atoms with Gasteiger partial charge in [-0.25, -0.2) is 4.68 Å². The third-order valence-electron chi connectivity index (χ3n) is 2.93. The van der Waals surface area contributed by atoms with E-state index < -0.39 is 5.41 Å². The van der Waals surface area contributed by atoms with Crippen molar-refractivity contribution in [3.05, 3.63) is 17.0 Å². The van der Waals surface area contributed by atoms with E-state index in [0.29, 0.717) is 12.8 Å². The number of nitriles is 1. The highest BCUT2D eigenvalue weighted by Crippen LogP contribution is 2.31. The number of aromatic nitrogens is 2. The minimum absolute atomic E-state index is 0.560. The van der Waals surface area contributed by atoms with Crippen LogP contribution in [-0.4, -0.2) is 16.2 Å². The number of hydrogen-bond donors (Lipinski definition) is 0. The lowest BCUT2D eigenvalue weighted by Gasteiger charge is -2.19. The van der Waals surface area contributed by atoms with E-state index in [1.165, 1.54) is 4.68 Å². The Balaban J connectivity index is 3.44. The summed E-state index contributed by atoms with van der Waals surface area (Å²) >= 11 is 0. The van der Waals surface area contributed by atoms with Gasteiger partial charge in [0.05, 0.1) is 17.2 Å². The maximum Gasteiger partial charge on any atom is 0.234 e. The third-order valence-corrected chi connectivity index (χ3v) is 2.93. The Morgan fingerprint density at radius 2 is 2.20 bits per heavy atom. The molecule has 4 nitrogen and oxygen atoms in total. The van der Waals surface area contributed by atoms with E-state index >= 15 is 0 Å². The largest absolute Gasteiger partial charge is 0.276 e. The molecule has 0 aliphatic heterocycles. The fraction of sp³-hybridized carbons (Fsp3) is 0.545. The van der Waals surface area contributed by atoms with Crippen LogP contribution < -0.4 is 0 Å². The smallest absolute Gasteiger partial charge is 0.234 e. The normalized spacial score (nSPS) is 14.3. The molecule has 1 aromatic heterocycles. The van der Waals surface area contributed by atoms with Gasteiger partial charge in [-0.2, -0.15) is 10.4 Å². The molecule has 1 aromatic rings. The Kier molecular flexibility index (Phi) is 2.94. The summed E-state index contributed by atoms with van der Waals surface area (Å²) in [6.07, 6.45) is 1.37. The molecule has 0 spiro atoms. The average molecular weight is 205 g/mol. The molecular formula is C11H15N3O. The second-order valence-corrected chi connectivity index (χ2v) is 3.89. The predicted octanol–water partition coefficient (Wildman–Crippen LogP) is 1.73. The molecule has 1 atom stereocenters. The lowest BCUT2D eigenvalue weighted by molar-refractivity contribution is 0.537. The minimum atomic E-state index is -0.560. The predicted molar refractivity (Wildman–Crippen MR) is 57.1 cm³/mol. The van der Waals surface area contributed by atoms with Crippen LogP contribution in [0, 0.1) is 25.2 Å². The van der Waals surface area contributed by atoms with Crippen molar-refractivity contribution in [2.24, 2.45) is 0 Å². The maximum absolute atomic E-state index is 10.7. The standard InChI is InChI=1S/C11H15N3O/c1-5-11(4,6-12)10-8(2)13-14(7-15)9(10)3/h7H,5H2,1-4H3. The molecule has 80 valence electrons. The quantitative estimate of drug-likeness (QED) is 0.706. The van der Waals surface area contributed by atoms with Crippen LogP contribution in [0.4, 0.5) is 0 Å². The van der Waals surface area contributed by atoms with Gasteiger partial charge >= 0.3 is 0 Å². The Morgan fingerprint density at radius 3 is 2.53 bits per heavy atom. The van der Waals surface area contributed by atoms with Crippen molar-refractivity contribution in [2.75, 3.05) is 0 Å². The first-order valence-corrected chi connectivity index (χ1v) is 4.93. The molecule has 0 radical (unpaired) electrons. The molecule has 0 aliphatic rings. The number of hydrogen-bond acceptors (Lipinski definition) is 3. The van der Waals surface area contributed by atoms with Crippen molar-refractivity contribution < 1.29 is 4.79 Å². The Hall–Kier alpha value is -1.63. The summed E-state index contributed by atoms with van der Waals surface area (Å²) in [5.41, 5.74) is 1.83. The van der Waals surface area contributed by atoms with Crippen LogP contribution in [0.3, 0.4) is 0 Å². The van der Waals surface area contributed by atoms with E-state index in [2.05, 4.69) is 11.2 Å². The van der Waals surface area contributed by atoms with Crippen molar-refractivity contribution in [1.29, 1.82) is 5.26 Å². The molecule has 0 bridgehead atoms. The van der Waals surface area contributed by atoms with Crippen molar-refractivity contribution >= 4 is 6.41 Å². The van der Waals surface area contributed by atoms with Gasteiger partial charge in [0.2, 0.25) is 6.41 Å². The van der Waals surface area contributed by atoms with E-state index in [9.17, 15) is 10.1 Å². The summed E-state index contributed by atoms with van der Waals surface area (Å²) in [5, 5.41) is 13.3.